The fraction of sp³-hybridized carbons (Fsp3) is 1.00. The molecule has 0 saturated carbocycles. The molecule has 4 heteroatoms. The van der Waals surface area contributed by atoms with Gasteiger partial charge in [-0.15, -0.1) is 0 Å². The van der Waals surface area contributed by atoms with E-state index in [4.69, 9.17) is 9.47 Å². The van der Waals surface area contributed by atoms with Crippen LogP contribution in [0.25, 0.3) is 0 Å². The van der Waals surface area contributed by atoms with Gasteiger partial charge in [0.1, 0.15) is 0 Å². The third-order valence-corrected chi connectivity index (χ3v) is 3.93. The molecule has 2 aliphatic heterocycles. The molecule has 3 unspecified atom stereocenters. The van der Waals surface area contributed by atoms with Gasteiger partial charge in [0, 0.05) is 26.2 Å². The van der Waals surface area contributed by atoms with Crippen molar-refractivity contribution in [2.24, 2.45) is 0 Å². The molecule has 2 aliphatic rings. The largest absolute Gasteiger partial charge is 0.377 e. The Kier molecular flexibility index (Phi) is 5.89. The predicted octanol–water partition coefficient (Wildman–Crippen LogP) is 1.25. The van der Waals surface area contributed by atoms with Crippen molar-refractivity contribution in [2.45, 2.75) is 50.4 Å². The third kappa shape index (κ3) is 4.50. The summed E-state index contributed by atoms with van der Waals surface area (Å²) in [6.07, 6.45) is 7.44. The highest BCUT2D eigenvalue weighted by Gasteiger charge is 2.26. The van der Waals surface area contributed by atoms with Crippen molar-refractivity contribution in [3.63, 3.8) is 0 Å². The Balaban J connectivity index is 1.63. The van der Waals surface area contributed by atoms with Crippen LogP contribution in [-0.4, -0.2) is 63.5 Å². The van der Waals surface area contributed by atoms with Gasteiger partial charge in [-0.25, -0.2) is 0 Å². The fourth-order valence-electron chi connectivity index (χ4n) is 3.01. The van der Waals surface area contributed by atoms with Crippen molar-refractivity contribution in [1.82, 2.24) is 10.2 Å². The minimum absolute atomic E-state index is 0.414. The number of rotatable bonds is 6. The summed E-state index contributed by atoms with van der Waals surface area (Å²) in [7, 11) is 4.18. The van der Waals surface area contributed by atoms with E-state index in [1.165, 1.54) is 32.1 Å². The molecule has 0 radical (unpaired) electrons. The maximum atomic E-state index is 6.02. The molecule has 0 aliphatic carbocycles. The number of hydrogen-bond acceptors (Lipinski definition) is 4. The first-order chi connectivity index (χ1) is 8.78. The highest BCUT2D eigenvalue weighted by atomic mass is 16.5. The van der Waals surface area contributed by atoms with Gasteiger partial charge in [-0.2, -0.15) is 0 Å². The lowest BCUT2D eigenvalue weighted by molar-refractivity contribution is -0.0166. The van der Waals surface area contributed by atoms with Gasteiger partial charge in [0.2, 0.25) is 0 Å². The van der Waals surface area contributed by atoms with E-state index in [2.05, 4.69) is 17.3 Å². The Hall–Kier alpha value is -0.160. The molecule has 4 nitrogen and oxygen atoms in total. The van der Waals surface area contributed by atoms with Crippen LogP contribution in [0, 0.1) is 0 Å². The number of nitrogens with zero attached hydrogens (tertiary/aromatic N) is 1. The van der Waals surface area contributed by atoms with Crippen LogP contribution in [0.4, 0.5) is 0 Å². The van der Waals surface area contributed by atoms with E-state index in [9.17, 15) is 0 Å². The van der Waals surface area contributed by atoms with Crippen LogP contribution >= 0.6 is 0 Å². The van der Waals surface area contributed by atoms with Crippen LogP contribution in [0.5, 0.6) is 0 Å². The molecule has 0 amide bonds. The zero-order valence-electron chi connectivity index (χ0n) is 11.9. The normalized spacial score (nSPS) is 33.2. The molecule has 0 aromatic rings. The van der Waals surface area contributed by atoms with E-state index in [0.717, 1.165) is 26.2 Å². The maximum absolute atomic E-state index is 6.02. The van der Waals surface area contributed by atoms with Crippen LogP contribution in [0.15, 0.2) is 0 Å². The van der Waals surface area contributed by atoms with Crippen LogP contribution in [0.3, 0.4) is 0 Å². The van der Waals surface area contributed by atoms with Gasteiger partial charge in [-0.3, -0.25) is 0 Å². The van der Waals surface area contributed by atoms with Gasteiger partial charge < -0.3 is 19.7 Å². The highest BCUT2D eigenvalue weighted by Crippen LogP contribution is 2.20. The lowest BCUT2D eigenvalue weighted by Gasteiger charge is -2.28. The molecule has 1 N–H and O–H groups in total. The topological polar surface area (TPSA) is 33.7 Å². The van der Waals surface area contributed by atoms with Crippen molar-refractivity contribution in [3.05, 3.63) is 0 Å². The Morgan fingerprint density at radius 2 is 1.83 bits per heavy atom. The summed E-state index contributed by atoms with van der Waals surface area (Å²) in [6, 6.07) is 0. The fourth-order valence-corrected chi connectivity index (χ4v) is 3.01. The average molecular weight is 256 g/mol. The Bertz CT molecular complexity index is 232. The molecule has 2 saturated heterocycles. The molecule has 0 bridgehead atoms. The first-order valence-corrected chi connectivity index (χ1v) is 7.38. The van der Waals surface area contributed by atoms with Gasteiger partial charge in [0.15, 0.2) is 0 Å². The van der Waals surface area contributed by atoms with E-state index in [-0.39, 0.29) is 0 Å². The van der Waals surface area contributed by atoms with E-state index < -0.39 is 0 Å². The lowest BCUT2D eigenvalue weighted by Crippen LogP contribution is -2.38. The second-order valence-corrected chi connectivity index (χ2v) is 5.72. The summed E-state index contributed by atoms with van der Waals surface area (Å²) in [5, 5.41) is 3.19. The second kappa shape index (κ2) is 7.43. The molecule has 3 atom stereocenters. The van der Waals surface area contributed by atoms with Crippen molar-refractivity contribution in [3.8, 4) is 0 Å². The second-order valence-electron chi connectivity index (χ2n) is 5.72. The summed E-state index contributed by atoms with van der Waals surface area (Å²) >= 11 is 0. The molecule has 0 aromatic heterocycles. The molecular formula is C14H28N2O2. The minimum Gasteiger partial charge on any atom is -0.377 e. The summed E-state index contributed by atoms with van der Waals surface area (Å²) in [5.41, 5.74) is 0. The Morgan fingerprint density at radius 1 is 1.06 bits per heavy atom. The molecule has 0 spiro atoms. The monoisotopic (exact) mass is 256 g/mol. The van der Waals surface area contributed by atoms with Gasteiger partial charge in [0.25, 0.3) is 0 Å². The smallest absolute Gasteiger partial charge is 0.0707 e. The van der Waals surface area contributed by atoms with Crippen LogP contribution in [-0.2, 0) is 9.47 Å². The summed E-state index contributed by atoms with van der Waals surface area (Å²) < 4.78 is 11.8. The van der Waals surface area contributed by atoms with Gasteiger partial charge >= 0.3 is 0 Å². The lowest BCUT2D eigenvalue weighted by atomic mass is 10.1. The van der Waals surface area contributed by atoms with E-state index >= 15 is 0 Å². The average Bonchev–Trinajstić information content (AvgIpc) is 2.78. The minimum atomic E-state index is 0.414. The molecule has 2 heterocycles. The first kappa shape index (κ1) is 14.3. The van der Waals surface area contributed by atoms with Crippen molar-refractivity contribution in [1.29, 1.82) is 0 Å². The van der Waals surface area contributed by atoms with Gasteiger partial charge in [-0.1, -0.05) is 0 Å². The molecule has 2 fully saturated rings. The van der Waals surface area contributed by atoms with Crippen LogP contribution in [0.1, 0.15) is 32.1 Å². The predicted molar refractivity (Wildman–Crippen MR) is 72.9 cm³/mol. The van der Waals surface area contributed by atoms with Crippen LogP contribution < -0.4 is 5.32 Å². The number of hydrogen-bond donors (Lipinski definition) is 1. The Morgan fingerprint density at radius 3 is 2.56 bits per heavy atom. The van der Waals surface area contributed by atoms with Crippen molar-refractivity contribution in [2.75, 3.05) is 40.3 Å². The summed E-state index contributed by atoms with van der Waals surface area (Å²) in [4.78, 5) is 2.38. The van der Waals surface area contributed by atoms with Crippen LogP contribution in [0.2, 0.25) is 0 Å². The van der Waals surface area contributed by atoms with E-state index in [0.29, 0.717) is 18.3 Å². The highest BCUT2D eigenvalue weighted by molar-refractivity contribution is 4.78. The number of ether oxygens (including phenoxy) is 2. The van der Waals surface area contributed by atoms with E-state index in [1.54, 1.807) is 0 Å². The SMILES string of the molecule is CNCC1CCC(CN(C)CC2CCCCO2)O1. The standard InChI is InChI=1S/C14H28N2O2/c1-15-9-12-6-7-14(18-12)11-16(2)10-13-5-3-4-8-17-13/h12-15H,3-11H2,1-2H3. The zero-order chi connectivity index (χ0) is 12.8. The van der Waals surface area contributed by atoms with Crippen molar-refractivity contribution >= 4 is 0 Å². The molecule has 106 valence electrons. The molecule has 2 rings (SSSR count). The molecular weight excluding hydrogens is 228 g/mol. The zero-order valence-corrected chi connectivity index (χ0v) is 11.9. The van der Waals surface area contributed by atoms with E-state index in [1.807, 2.05) is 7.05 Å². The summed E-state index contributed by atoms with van der Waals surface area (Å²) in [6.45, 7) is 4.02. The van der Waals surface area contributed by atoms with Gasteiger partial charge in [0.05, 0.1) is 18.3 Å². The number of likely N-dealkylation sites (N-methyl/N-ethyl adjacent to an activating group) is 2. The summed E-state index contributed by atoms with van der Waals surface area (Å²) in [5.74, 6) is 0. The maximum Gasteiger partial charge on any atom is 0.0707 e. The molecule has 0 aromatic carbocycles. The first-order valence-electron chi connectivity index (χ1n) is 7.38. The quantitative estimate of drug-likeness (QED) is 0.775. The van der Waals surface area contributed by atoms with Gasteiger partial charge in [-0.05, 0) is 46.2 Å². The number of nitrogens with one attached hydrogen (secondary N) is 1. The third-order valence-electron chi connectivity index (χ3n) is 3.93. The van der Waals surface area contributed by atoms with Crippen molar-refractivity contribution < 1.29 is 9.47 Å². The Labute approximate surface area is 111 Å². The molecule has 18 heavy (non-hydrogen) atoms.